The van der Waals surface area contributed by atoms with Crippen LogP contribution < -0.4 is 0 Å². The van der Waals surface area contributed by atoms with Crippen LogP contribution in [0.25, 0.3) is 5.65 Å². The standard InChI is InChI=1S/C18H19F2N5O/c1-23(2)8-9-24(11-13-6-7-14(19)10-15(13)20)18(26)16-4-3-5-17-21-12-22-25(16)17/h3-7,10,12H,8-9,11H2,1-2H3. The molecule has 0 saturated carbocycles. The van der Waals surface area contributed by atoms with E-state index < -0.39 is 11.6 Å². The minimum Gasteiger partial charge on any atom is -0.332 e. The number of benzene rings is 1. The Bertz CT molecular complexity index is 925. The molecule has 0 saturated heterocycles. The molecular formula is C18H19F2N5O. The summed E-state index contributed by atoms with van der Waals surface area (Å²) >= 11 is 0. The number of rotatable bonds is 6. The summed E-state index contributed by atoms with van der Waals surface area (Å²) in [6.45, 7) is 1.01. The molecule has 3 aromatic rings. The van der Waals surface area contributed by atoms with E-state index in [2.05, 4.69) is 10.1 Å². The SMILES string of the molecule is CN(C)CCN(Cc1ccc(F)cc1F)C(=O)c1cccc2ncnn12. The second kappa shape index (κ2) is 7.57. The van der Waals surface area contributed by atoms with Crippen LogP contribution in [0.3, 0.4) is 0 Å². The second-order valence-corrected chi connectivity index (χ2v) is 6.21. The van der Waals surface area contributed by atoms with E-state index in [1.54, 1.807) is 18.2 Å². The molecule has 2 heterocycles. The highest BCUT2D eigenvalue weighted by molar-refractivity contribution is 5.93. The molecule has 0 fully saturated rings. The molecule has 0 aliphatic heterocycles. The molecule has 0 unspecified atom stereocenters. The predicted octanol–water partition coefficient (Wildman–Crippen LogP) is 2.21. The van der Waals surface area contributed by atoms with E-state index in [1.807, 2.05) is 19.0 Å². The fourth-order valence-electron chi connectivity index (χ4n) is 2.60. The Morgan fingerprint density at radius 2 is 1.96 bits per heavy atom. The number of pyridine rings is 1. The van der Waals surface area contributed by atoms with Gasteiger partial charge in [0.1, 0.15) is 23.7 Å². The smallest absolute Gasteiger partial charge is 0.272 e. The Morgan fingerprint density at radius 3 is 2.69 bits per heavy atom. The van der Waals surface area contributed by atoms with Crippen LogP contribution >= 0.6 is 0 Å². The first-order valence-corrected chi connectivity index (χ1v) is 8.12. The van der Waals surface area contributed by atoms with Gasteiger partial charge in [-0.2, -0.15) is 5.10 Å². The Labute approximate surface area is 149 Å². The van der Waals surface area contributed by atoms with E-state index in [0.717, 1.165) is 6.07 Å². The summed E-state index contributed by atoms with van der Waals surface area (Å²) in [6.07, 6.45) is 1.37. The Hall–Kier alpha value is -2.87. The van der Waals surface area contributed by atoms with Gasteiger partial charge in [0.25, 0.3) is 5.91 Å². The molecule has 0 bridgehead atoms. The lowest BCUT2D eigenvalue weighted by Gasteiger charge is -2.25. The number of carbonyl (C=O) groups excluding carboxylic acids is 1. The van der Waals surface area contributed by atoms with Crippen molar-refractivity contribution in [2.45, 2.75) is 6.54 Å². The highest BCUT2D eigenvalue weighted by Gasteiger charge is 2.21. The third-order valence-corrected chi connectivity index (χ3v) is 4.00. The van der Waals surface area contributed by atoms with Crippen molar-refractivity contribution in [1.29, 1.82) is 0 Å². The molecular weight excluding hydrogens is 340 g/mol. The maximum Gasteiger partial charge on any atom is 0.272 e. The molecule has 0 N–H and O–H groups in total. The second-order valence-electron chi connectivity index (χ2n) is 6.21. The van der Waals surface area contributed by atoms with Crippen molar-refractivity contribution in [2.75, 3.05) is 27.2 Å². The van der Waals surface area contributed by atoms with Gasteiger partial charge in [0, 0.05) is 31.3 Å². The molecule has 0 atom stereocenters. The van der Waals surface area contributed by atoms with Crippen molar-refractivity contribution in [3.05, 3.63) is 65.6 Å². The van der Waals surface area contributed by atoms with Gasteiger partial charge in [-0.3, -0.25) is 4.79 Å². The van der Waals surface area contributed by atoms with Crippen molar-refractivity contribution < 1.29 is 13.6 Å². The largest absolute Gasteiger partial charge is 0.332 e. The molecule has 0 radical (unpaired) electrons. The lowest BCUT2D eigenvalue weighted by atomic mass is 10.2. The van der Waals surface area contributed by atoms with Gasteiger partial charge >= 0.3 is 0 Å². The highest BCUT2D eigenvalue weighted by Crippen LogP contribution is 2.15. The first-order valence-electron chi connectivity index (χ1n) is 8.12. The Kier molecular flexibility index (Phi) is 5.22. The van der Waals surface area contributed by atoms with Gasteiger partial charge in [-0.05, 0) is 32.3 Å². The van der Waals surface area contributed by atoms with Crippen LogP contribution in [0, 0.1) is 11.6 Å². The van der Waals surface area contributed by atoms with Crippen LogP contribution in [0.2, 0.25) is 0 Å². The van der Waals surface area contributed by atoms with Gasteiger partial charge < -0.3 is 9.80 Å². The van der Waals surface area contributed by atoms with Crippen molar-refractivity contribution in [2.24, 2.45) is 0 Å². The fourth-order valence-corrected chi connectivity index (χ4v) is 2.60. The van der Waals surface area contributed by atoms with Crippen LogP contribution in [-0.2, 0) is 6.54 Å². The van der Waals surface area contributed by atoms with Gasteiger partial charge in [0.15, 0.2) is 5.65 Å². The molecule has 1 amide bonds. The van der Waals surface area contributed by atoms with Crippen LogP contribution in [-0.4, -0.2) is 57.5 Å². The molecule has 6 nitrogen and oxygen atoms in total. The molecule has 136 valence electrons. The quantitative estimate of drug-likeness (QED) is 0.677. The number of aromatic nitrogens is 3. The third kappa shape index (κ3) is 3.85. The van der Waals surface area contributed by atoms with Crippen molar-refractivity contribution >= 4 is 11.6 Å². The topological polar surface area (TPSA) is 53.7 Å². The molecule has 0 spiro atoms. The molecule has 1 aromatic carbocycles. The average Bonchev–Trinajstić information content (AvgIpc) is 3.08. The number of hydrogen-bond acceptors (Lipinski definition) is 4. The zero-order valence-corrected chi connectivity index (χ0v) is 14.6. The van der Waals surface area contributed by atoms with Gasteiger partial charge in [0.05, 0.1) is 0 Å². The number of halogens is 2. The summed E-state index contributed by atoms with van der Waals surface area (Å²) in [4.78, 5) is 20.6. The normalized spacial score (nSPS) is 11.3. The van der Waals surface area contributed by atoms with Crippen molar-refractivity contribution in [3.63, 3.8) is 0 Å². The molecule has 8 heteroatoms. The lowest BCUT2D eigenvalue weighted by molar-refractivity contribution is 0.0721. The predicted molar refractivity (Wildman–Crippen MR) is 92.6 cm³/mol. The summed E-state index contributed by atoms with van der Waals surface area (Å²) in [5.74, 6) is -1.62. The molecule has 26 heavy (non-hydrogen) atoms. The summed E-state index contributed by atoms with van der Waals surface area (Å²) in [7, 11) is 3.78. The summed E-state index contributed by atoms with van der Waals surface area (Å²) in [5, 5.41) is 4.08. The fraction of sp³-hybridized carbons (Fsp3) is 0.278. The van der Waals surface area contributed by atoms with Crippen LogP contribution in [0.5, 0.6) is 0 Å². The number of fused-ring (bicyclic) bond motifs is 1. The number of likely N-dealkylation sites (N-methyl/N-ethyl adjacent to an activating group) is 1. The summed E-state index contributed by atoms with van der Waals surface area (Å²) in [6, 6.07) is 8.48. The Balaban J connectivity index is 1.92. The van der Waals surface area contributed by atoms with Gasteiger partial charge in [-0.1, -0.05) is 12.1 Å². The van der Waals surface area contributed by atoms with E-state index in [0.29, 0.717) is 24.4 Å². The van der Waals surface area contributed by atoms with E-state index in [1.165, 1.54) is 27.9 Å². The number of amides is 1. The molecule has 2 aromatic heterocycles. The van der Waals surface area contributed by atoms with Crippen LogP contribution in [0.4, 0.5) is 8.78 Å². The van der Waals surface area contributed by atoms with E-state index >= 15 is 0 Å². The Morgan fingerprint density at radius 1 is 1.15 bits per heavy atom. The van der Waals surface area contributed by atoms with Crippen molar-refractivity contribution in [3.8, 4) is 0 Å². The first-order chi connectivity index (χ1) is 12.5. The number of carbonyl (C=O) groups is 1. The van der Waals surface area contributed by atoms with Crippen LogP contribution in [0.15, 0.2) is 42.7 Å². The van der Waals surface area contributed by atoms with E-state index in [9.17, 15) is 13.6 Å². The summed E-state index contributed by atoms with van der Waals surface area (Å²) < 4.78 is 28.7. The monoisotopic (exact) mass is 359 g/mol. The van der Waals surface area contributed by atoms with Crippen molar-refractivity contribution in [1.82, 2.24) is 24.4 Å². The van der Waals surface area contributed by atoms with Crippen LogP contribution in [0.1, 0.15) is 16.1 Å². The average molecular weight is 359 g/mol. The minimum atomic E-state index is -0.674. The van der Waals surface area contributed by atoms with Gasteiger partial charge in [-0.15, -0.1) is 0 Å². The molecule has 0 aliphatic carbocycles. The zero-order chi connectivity index (χ0) is 18.7. The maximum absolute atomic E-state index is 14.1. The van der Waals surface area contributed by atoms with Gasteiger partial charge in [-0.25, -0.2) is 18.3 Å². The lowest BCUT2D eigenvalue weighted by Crippen LogP contribution is -2.37. The third-order valence-electron chi connectivity index (χ3n) is 4.00. The zero-order valence-electron chi connectivity index (χ0n) is 14.6. The number of hydrogen-bond donors (Lipinski definition) is 0. The first kappa shape index (κ1) is 17.9. The highest BCUT2D eigenvalue weighted by atomic mass is 19.1. The molecule has 3 rings (SSSR count). The molecule has 0 aliphatic rings. The maximum atomic E-state index is 14.1. The minimum absolute atomic E-state index is 0.0316. The van der Waals surface area contributed by atoms with E-state index in [4.69, 9.17) is 0 Å². The van der Waals surface area contributed by atoms with Gasteiger partial charge in [0.2, 0.25) is 0 Å². The summed E-state index contributed by atoms with van der Waals surface area (Å²) in [5.41, 5.74) is 1.14. The number of nitrogens with zero attached hydrogens (tertiary/aromatic N) is 5. The van der Waals surface area contributed by atoms with E-state index in [-0.39, 0.29) is 18.0 Å².